The van der Waals surface area contributed by atoms with Gasteiger partial charge < -0.3 is 15.1 Å². The predicted octanol–water partition coefficient (Wildman–Crippen LogP) is 0.489. The van der Waals surface area contributed by atoms with Gasteiger partial charge in [0.15, 0.2) is 0 Å². The van der Waals surface area contributed by atoms with Crippen LogP contribution in [0.5, 0.6) is 0 Å². The van der Waals surface area contributed by atoms with Crippen molar-refractivity contribution in [1.29, 1.82) is 0 Å². The summed E-state index contributed by atoms with van der Waals surface area (Å²) >= 11 is 0. The number of nitrogens with zero attached hydrogens (tertiary/aromatic N) is 2. The number of nitrogens with one attached hydrogen (secondary N) is 1. The van der Waals surface area contributed by atoms with E-state index in [1.807, 2.05) is 9.80 Å². The van der Waals surface area contributed by atoms with E-state index in [1.165, 1.54) is 0 Å². The molecule has 0 saturated carbocycles. The highest BCUT2D eigenvalue weighted by atomic mass is 35.5. The summed E-state index contributed by atoms with van der Waals surface area (Å²) in [6.45, 7) is 6.34. The second-order valence-electron chi connectivity index (χ2n) is 5.21. The van der Waals surface area contributed by atoms with Crippen LogP contribution in [0.2, 0.25) is 0 Å². The standard InChI is InChI=1S/C13H23N3O2.ClH/c1-11(17)15-7-9-16(10-8-15)13(18)12-3-2-5-14-6-4-12;/h12,14H,2-10H2,1H3;1H. The summed E-state index contributed by atoms with van der Waals surface area (Å²) in [6.07, 6.45) is 3.04. The Morgan fingerprint density at radius 1 is 1.00 bits per heavy atom. The first-order chi connectivity index (χ1) is 8.68. The van der Waals surface area contributed by atoms with Crippen molar-refractivity contribution in [2.45, 2.75) is 26.2 Å². The van der Waals surface area contributed by atoms with Gasteiger partial charge in [0.25, 0.3) is 0 Å². The van der Waals surface area contributed by atoms with Crippen LogP contribution in [0.4, 0.5) is 0 Å². The predicted molar refractivity (Wildman–Crippen MR) is 76.3 cm³/mol. The summed E-state index contributed by atoms with van der Waals surface area (Å²) in [4.78, 5) is 27.4. The Morgan fingerprint density at radius 3 is 2.26 bits per heavy atom. The molecular weight excluding hydrogens is 266 g/mol. The average Bonchev–Trinajstić information content (AvgIpc) is 2.67. The van der Waals surface area contributed by atoms with Crippen molar-refractivity contribution in [3.8, 4) is 0 Å². The minimum absolute atomic E-state index is 0. The zero-order chi connectivity index (χ0) is 13.0. The lowest BCUT2D eigenvalue weighted by Gasteiger charge is -2.36. The Labute approximate surface area is 121 Å². The van der Waals surface area contributed by atoms with Crippen LogP contribution in [0.1, 0.15) is 26.2 Å². The normalized spacial score (nSPS) is 24.4. The van der Waals surface area contributed by atoms with Crippen molar-refractivity contribution < 1.29 is 9.59 Å². The molecule has 6 heteroatoms. The Hall–Kier alpha value is -0.810. The van der Waals surface area contributed by atoms with E-state index in [1.54, 1.807) is 6.92 Å². The molecule has 2 fully saturated rings. The molecule has 110 valence electrons. The lowest BCUT2D eigenvalue weighted by Crippen LogP contribution is -2.51. The van der Waals surface area contributed by atoms with Gasteiger partial charge in [-0.15, -0.1) is 12.4 Å². The largest absolute Gasteiger partial charge is 0.339 e. The highest BCUT2D eigenvalue weighted by Gasteiger charge is 2.28. The molecule has 0 aromatic rings. The van der Waals surface area contributed by atoms with Crippen molar-refractivity contribution in [1.82, 2.24) is 15.1 Å². The zero-order valence-electron chi connectivity index (χ0n) is 11.6. The van der Waals surface area contributed by atoms with E-state index in [2.05, 4.69) is 5.32 Å². The lowest BCUT2D eigenvalue weighted by molar-refractivity contribution is -0.141. The number of carbonyl (C=O) groups excluding carboxylic acids is 2. The molecule has 2 aliphatic heterocycles. The van der Waals surface area contributed by atoms with Gasteiger partial charge in [-0.3, -0.25) is 9.59 Å². The maximum atomic E-state index is 12.4. The molecule has 0 aliphatic carbocycles. The second-order valence-corrected chi connectivity index (χ2v) is 5.21. The SMILES string of the molecule is CC(=O)N1CCN(C(=O)C2CCCNCC2)CC1.Cl. The molecule has 0 aromatic carbocycles. The van der Waals surface area contributed by atoms with E-state index in [-0.39, 0.29) is 24.2 Å². The van der Waals surface area contributed by atoms with Crippen molar-refractivity contribution in [3.63, 3.8) is 0 Å². The average molecular weight is 290 g/mol. The van der Waals surface area contributed by atoms with Crippen LogP contribution < -0.4 is 5.32 Å². The van der Waals surface area contributed by atoms with E-state index < -0.39 is 0 Å². The van der Waals surface area contributed by atoms with Gasteiger partial charge in [-0.2, -0.15) is 0 Å². The molecule has 2 amide bonds. The molecule has 1 N–H and O–H groups in total. The molecule has 1 atom stereocenters. The van der Waals surface area contributed by atoms with Gasteiger partial charge in [-0.05, 0) is 32.4 Å². The van der Waals surface area contributed by atoms with Crippen LogP contribution in [0.15, 0.2) is 0 Å². The maximum absolute atomic E-state index is 12.4. The van der Waals surface area contributed by atoms with Crippen molar-refractivity contribution in [2.75, 3.05) is 39.3 Å². The molecule has 2 saturated heterocycles. The Morgan fingerprint density at radius 2 is 1.63 bits per heavy atom. The number of amides is 2. The number of carbonyl (C=O) groups is 2. The monoisotopic (exact) mass is 289 g/mol. The topological polar surface area (TPSA) is 52.7 Å². The highest BCUT2D eigenvalue weighted by Crippen LogP contribution is 2.17. The summed E-state index contributed by atoms with van der Waals surface area (Å²) < 4.78 is 0. The van der Waals surface area contributed by atoms with E-state index in [4.69, 9.17) is 0 Å². The third kappa shape index (κ3) is 4.35. The number of hydrogen-bond donors (Lipinski definition) is 1. The minimum Gasteiger partial charge on any atom is -0.339 e. The van der Waals surface area contributed by atoms with Gasteiger partial charge >= 0.3 is 0 Å². The third-order valence-corrected chi connectivity index (χ3v) is 3.96. The van der Waals surface area contributed by atoms with Gasteiger partial charge in [0.1, 0.15) is 0 Å². The van der Waals surface area contributed by atoms with E-state index >= 15 is 0 Å². The van der Waals surface area contributed by atoms with Gasteiger partial charge in [0, 0.05) is 39.0 Å². The third-order valence-electron chi connectivity index (χ3n) is 3.96. The van der Waals surface area contributed by atoms with Crippen LogP contribution in [-0.4, -0.2) is 60.9 Å². The van der Waals surface area contributed by atoms with Crippen molar-refractivity contribution in [3.05, 3.63) is 0 Å². The van der Waals surface area contributed by atoms with Gasteiger partial charge in [0.2, 0.25) is 11.8 Å². The molecule has 0 bridgehead atoms. The summed E-state index contributed by atoms with van der Waals surface area (Å²) in [5.74, 6) is 0.589. The maximum Gasteiger partial charge on any atom is 0.225 e. The smallest absolute Gasteiger partial charge is 0.225 e. The van der Waals surface area contributed by atoms with Crippen LogP contribution >= 0.6 is 12.4 Å². The van der Waals surface area contributed by atoms with Gasteiger partial charge in [-0.1, -0.05) is 0 Å². The molecule has 2 heterocycles. The molecule has 1 unspecified atom stereocenters. The summed E-state index contributed by atoms with van der Waals surface area (Å²) in [5.41, 5.74) is 0. The van der Waals surface area contributed by atoms with Crippen molar-refractivity contribution in [2.24, 2.45) is 5.92 Å². The van der Waals surface area contributed by atoms with Crippen molar-refractivity contribution >= 4 is 24.2 Å². The lowest BCUT2D eigenvalue weighted by atomic mass is 9.98. The first kappa shape index (κ1) is 16.2. The molecule has 2 rings (SSSR count). The summed E-state index contributed by atoms with van der Waals surface area (Å²) in [5, 5.41) is 3.33. The number of rotatable bonds is 1. The minimum atomic E-state index is 0. The first-order valence-corrected chi connectivity index (χ1v) is 6.93. The molecule has 0 spiro atoms. The van der Waals surface area contributed by atoms with Gasteiger partial charge in [0.05, 0.1) is 0 Å². The van der Waals surface area contributed by atoms with Crippen LogP contribution in [0.25, 0.3) is 0 Å². The fourth-order valence-corrected chi connectivity index (χ4v) is 2.77. The highest BCUT2D eigenvalue weighted by molar-refractivity contribution is 5.85. The Kier molecular flexibility index (Phi) is 6.58. The number of halogens is 1. The summed E-state index contributed by atoms with van der Waals surface area (Å²) in [6, 6.07) is 0. The van der Waals surface area contributed by atoms with E-state index in [0.717, 1.165) is 32.4 Å². The first-order valence-electron chi connectivity index (χ1n) is 6.93. The quantitative estimate of drug-likeness (QED) is 0.764. The van der Waals surface area contributed by atoms with E-state index in [0.29, 0.717) is 32.1 Å². The molecule has 0 aromatic heterocycles. The molecule has 2 aliphatic rings. The van der Waals surface area contributed by atoms with E-state index in [9.17, 15) is 9.59 Å². The molecular formula is C13H24ClN3O2. The molecule has 5 nitrogen and oxygen atoms in total. The Balaban J connectivity index is 0.00000180. The zero-order valence-corrected chi connectivity index (χ0v) is 12.4. The molecule has 0 radical (unpaired) electrons. The summed E-state index contributed by atoms with van der Waals surface area (Å²) in [7, 11) is 0. The van der Waals surface area contributed by atoms with Gasteiger partial charge in [-0.25, -0.2) is 0 Å². The number of hydrogen-bond acceptors (Lipinski definition) is 3. The fourth-order valence-electron chi connectivity index (χ4n) is 2.77. The number of piperazine rings is 1. The van der Waals surface area contributed by atoms with Crippen LogP contribution in [0.3, 0.4) is 0 Å². The fraction of sp³-hybridized carbons (Fsp3) is 0.846. The van der Waals surface area contributed by atoms with Crippen LogP contribution in [0, 0.1) is 5.92 Å². The molecule has 19 heavy (non-hydrogen) atoms. The van der Waals surface area contributed by atoms with Crippen LogP contribution in [-0.2, 0) is 9.59 Å². The Bertz CT molecular complexity index is 309. The second kappa shape index (κ2) is 7.70.